The molecule has 0 saturated carbocycles. The van der Waals surface area contributed by atoms with Gasteiger partial charge in [0.25, 0.3) is 0 Å². The van der Waals surface area contributed by atoms with Gasteiger partial charge in [0.15, 0.2) is 5.96 Å². The lowest BCUT2D eigenvalue weighted by Crippen LogP contribution is -2.57. The standard InChI is InChI=1S/C31H40N8O8/c32-21(5-3-13-35-31(33)34)27(43)37-23(11-12-26(41)42)28(44)38-24(14-17-7-9-19(40)10-8-17)29(45)39-25(30(46)47)15-18-16-36-22-6-2-1-4-20(18)22/h1-2,4,6-10,16,21,23-25,36,40H,3,5,11-15,32H2,(H,37,43)(H,38,44)(H,39,45)(H,41,42)(H,46,47)(H4,33,34,35). The highest BCUT2D eigenvalue weighted by molar-refractivity contribution is 5.94. The van der Waals surface area contributed by atoms with Gasteiger partial charge < -0.3 is 53.5 Å². The number of fused-ring (bicyclic) bond motifs is 1. The van der Waals surface area contributed by atoms with Gasteiger partial charge in [0.1, 0.15) is 23.9 Å². The number of nitrogens with zero attached hydrogens (tertiary/aromatic N) is 1. The highest BCUT2D eigenvalue weighted by atomic mass is 16.4. The molecule has 1 aromatic heterocycles. The van der Waals surface area contributed by atoms with Crippen LogP contribution < -0.4 is 33.2 Å². The number of phenols is 1. The van der Waals surface area contributed by atoms with E-state index in [-0.39, 0.29) is 43.9 Å². The highest BCUT2D eigenvalue weighted by Gasteiger charge is 2.31. The van der Waals surface area contributed by atoms with Crippen molar-refractivity contribution in [3.05, 3.63) is 65.9 Å². The summed E-state index contributed by atoms with van der Waals surface area (Å²) in [5, 5.41) is 37.2. The molecule has 1 heterocycles. The van der Waals surface area contributed by atoms with E-state index in [9.17, 15) is 39.3 Å². The van der Waals surface area contributed by atoms with Gasteiger partial charge in [-0.25, -0.2) is 4.79 Å². The average molecular weight is 653 g/mol. The molecule has 0 bridgehead atoms. The molecule has 0 aliphatic heterocycles. The normalized spacial score (nSPS) is 13.5. The number of carboxylic acids is 2. The number of benzene rings is 2. The van der Waals surface area contributed by atoms with E-state index in [2.05, 4.69) is 25.9 Å². The number of aromatic amines is 1. The number of nitrogens with one attached hydrogen (secondary N) is 4. The minimum Gasteiger partial charge on any atom is -0.508 e. The fourth-order valence-electron chi connectivity index (χ4n) is 4.81. The third-order valence-corrected chi connectivity index (χ3v) is 7.31. The fraction of sp³-hybridized carbons (Fsp3) is 0.355. The summed E-state index contributed by atoms with van der Waals surface area (Å²) in [6.45, 7) is 0.220. The zero-order valence-corrected chi connectivity index (χ0v) is 25.5. The number of hydrogen-bond acceptors (Lipinski definition) is 8. The van der Waals surface area contributed by atoms with Gasteiger partial charge in [-0.2, -0.15) is 0 Å². The number of aliphatic imine (C=N–C) groups is 1. The first-order valence-electron chi connectivity index (χ1n) is 14.8. The number of aliphatic carboxylic acids is 2. The van der Waals surface area contributed by atoms with Crippen molar-refractivity contribution >= 4 is 46.5 Å². The summed E-state index contributed by atoms with van der Waals surface area (Å²) in [6, 6.07) is 7.89. The third kappa shape index (κ3) is 11.3. The molecule has 16 heteroatoms. The quantitative estimate of drug-likeness (QED) is 0.0472. The first kappa shape index (κ1) is 35.8. The Labute approximate surface area is 269 Å². The number of carboxylic acid groups (broad SMARTS) is 2. The molecule has 3 aromatic rings. The number of aromatic nitrogens is 1. The summed E-state index contributed by atoms with van der Waals surface area (Å²) in [6.07, 6.45) is 1.18. The van der Waals surface area contributed by atoms with Gasteiger partial charge in [-0.05, 0) is 48.6 Å². The molecule has 0 aliphatic rings. The second-order valence-electron chi connectivity index (χ2n) is 10.9. The van der Waals surface area contributed by atoms with Crippen molar-refractivity contribution in [2.24, 2.45) is 22.2 Å². The molecule has 4 atom stereocenters. The smallest absolute Gasteiger partial charge is 0.326 e. The van der Waals surface area contributed by atoms with Crippen LogP contribution in [0.4, 0.5) is 0 Å². The minimum atomic E-state index is -1.39. The van der Waals surface area contributed by atoms with Gasteiger partial charge >= 0.3 is 11.9 Å². The number of H-pyrrole nitrogens is 1. The number of para-hydroxylation sites is 1. The monoisotopic (exact) mass is 652 g/mol. The molecule has 0 spiro atoms. The SMILES string of the molecule is NC(N)=NCCCC(N)C(=O)NC(CCC(=O)O)C(=O)NC(Cc1ccc(O)cc1)C(=O)NC(Cc1c[nH]c2ccccc12)C(=O)O. The summed E-state index contributed by atoms with van der Waals surface area (Å²) in [5.74, 6) is -5.13. The maximum Gasteiger partial charge on any atom is 0.326 e. The average Bonchev–Trinajstić information content (AvgIpc) is 3.43. The molecule has 0 aliphatic carbocycles. The van der Waals surface area contributed by atoms with Crippen molar-refractivity contribution in [3.8, 4) is 5.75 Å². The van der Waals surface area contributed by atoms with Gasteiger partial charge in [-0.1, -0.05) is 30.3 Å². The van der Waals surface area contributed by atoms with Crippen LogP contribution in [0.25, 0.3) is 10.9 Å². The van der Waals surface area contributed by atoms with E-state index in [4.69, 9.17) is 17.2 Å². The Balaban J connectivity index is 1.79. The van der Waals surface area contributed by atoms with E-state index in [1.54, 1.807) is 12.3 Å². The molecule has 47 heavy (non-hydrogen) atoms. The number of rotatable bonds is 18. The van der Waals surface area contributed by atoms with Crippen LogP contribution in [0.3, 0.4) is 0 Å². The minimum absolute atomic E-state index is 0.0328. The van der Waals surface area contributed by atoms with Crippen LogP contribution in [-0.2, 0) is 36.8 Å². The van der Waals surface area contributed by atoms with E-state index in [1.165, 1.54) is 24.3 Å². The molecule has 0 fully saturated rings. The maximum absolute atomic E-state index is 13.6. The molecule has 4 unspecified atom stereocenters. The van der Waals surface area contributed by atoms with Crippen LogP contribution in [0.2, 0.25) is 0 Å². The Kier molecular flexibility index (Phi) is 13.1. The first-order valence-corrected chi connectivity index (χ1v) is 14.8. The molecule has 16 nitrogen and oxygen atoms in total. The predicted molar refractivity (Wildman–Crippen MR) is 172 cm³/mol. The van der Waals surface area contributed by atoms with Crippen molar-refractivity contribution in [1.29, 1.82) is 0 Å². The van der Waals surface area contributed by atoms with Gasteiger partial charge in [-0.15, -0.1) is 0 Å². The van der Waals surface area contributed by atoms with E-state index in [0.717, 1.165) is 10.9 Å². The number of guanidine groups is 1. The van der Waals surface area contributed by atoms with E-state index >= 15 is 0 Å². The molecule has 3 amide bonds. The Morgan fingerprint density at radius 1 is 0.809 bits per heavy atom. The maximum atomic E-state index is 13.6. The summed E-state index contributed by atoms with van der Waals surface area (Å²) in [4.78, 5) is 70.3. The molecule has 252 valence electrons. The van der Waals surface area contributed by atoms with Crippen molar-refractivity contribution in [2.75, 3.05) is 6.54 Å². The number of aromatic hydroxyl groups is 1. The third-order valence-electron chi connectivity index (χ3n) is 7.31. The zero-order valence-electron chi connectivity index (χ0n) is 25.5. The molecular weight excluding hydrogens is 612 g/mol. The molecule has 2 aromatic carbocycles. The molecule has 13 N–H and O–H groups in total. The van der Waals surface area contributed by atoms with E-state index < -0.39 is 60.2 Å². The second-order valence-corrected chi connectivity index (χ2v) is 10.9. The Morgan fingerprint density at radius 3 is 2.11 bits per heavy atom. The largest absolute Gasteiger partial charge is 0.508 e. The number of nitrogens with two attached hydrogens (primary N) is 3. The Bertz CT molecular complexity index is 1590. The van der Waals surface area contributed by atoms with Crippen LogP contribution >= 0.6 is 0 Å². The molecule has 0 radical (unpaired) electrons. The Hall–Kier alpha value is -5.64. The van der Waals surface area contributed by atoms with Crippen molar-refractivity contribution < 1.29 is 39.3 Å². The lowest BCUT2D eigenvalue weighted by atomic mass is 10.0. The van der Waals surface area contributed by atoms with Crippen molar-refractivity contribution in [2.45, 2.75) is 62.7 Å². The summed E-state index contributed by atoms with van der Waals surface area (Å²) < 4.78 is 0. The zero-order chi connectivity index (χ0) is 34.5. The number of hydrogen-bond donors (Lipinski definition) is 10. The van der Waals surface area contributed by atoms with Gasteiger partial charge in [0.05, 0.1) is 6.04 Å². The van der Waals surface area contributed by atoms with Crippen molar-refractivity contribution in [3.63, 3.8) is 0 Å². The van der Waals surface area contributed by atoms with Gasteiger partial charge in [0, 0.05) is 42.9 Å². The lowest BCUT2D eigenvalue weighted by molar-refractivity contribution is -0.142. The fourth-order valence-corrected chi connectivity index (χ4v) is 4.81. The summed E-state index contributed by atoms with van der Waals surface area (Å²) in [7, 11) is 0. The second kappa shape index (κ2) is 17.2. The number of carbonyl (C=O) groups is 5. The lowest BCUT2D eigenvalue weighted by Gasteiger charge is -2.25. The molecule has 0 saturated heterocycles. The first-order chi connectivity index (χ1) is 22.3. The molecular formula is C31H40N8O8. The topological polar surface area (TPSA) is 288 Å². The van der Waals surface area contributed by atoms with Crippen LogP contribution in [-0.4, -0.2) is 86.6 Å². The summed E-state index contributed by atoms with van der Waals surface area (Å²) in [5.41, 5.74) is 18.5. The Morgan fingerprint density at radius 2 is 1.45 bits per heavy atom. The van der Waals surface area contributed by atoms with Gasteiger partial charge in [-0.3, -0.25) is 24.2 Å². The number of amides is 3. The molecule has 3 rings (SSSR count). The number of carbonyl (C=O) groups excluding carboxylic acids is 3. The number of phenolic OH excluding ortho intramolecular Hbond substituents is 1. The van der Waals surface area contributed by atoms with Crippen molar-refractivity contribution in [1.82, 2.24) is 20.9 Å². The van der Waals surface area contributed by atoms with Crippen LogP contribution in [0.15, 0.2) is 59.7 Å². The van der Waals surface area contributed by atoms with Crippen LogP contribution in [0.5, 0.6) is 5.75 Å². The predicted octanol–water partition coefficient (Wildman–Crippen LogP) is -0.557. The van der Waals surface area contributed by atoms with E-state index in [0.29, 0.717) is 17.5 Å². The van der Waals surface area contributed by atoms with Crippen LogP contribution in [0, 0.1) is 0 Å². The van der Waals surface area contributed by atoms with Crippen LogP contribution in [0.1, 0.15) is 36.8 Å². The van der Waals surface area contributed by atoms with Gasteiger partial charge in [0.2, 0.25) is 17.7 Å². The van der Waals surface area contributed by atoms with E-state index in [1.807, 2.05) is 18.2 Å². The summed E-state index contributed by atoms with van der Waals surface area (Å²) >= 11 is 0. The highest BCUT2D eigenvalue weighted by Crippen LogP contribution is 2.19.